The largest absolute Gasteiger partial charge is 0.496 e. The zero-order chi connectivity index (χ0) is 24.7. The molecule has 34 heavy (non-hydrogen) atoms. The van der Waals surface area contributed by atoms with Crippen molar-refractivity contribution in [3.05, 3.63) is 22.7 Å². The molecular formula is C25H39ClN4O4. The van der Waals surface area contributed by atoms with Crippen LogP contribution in [0.4, 0.5) is 5.69 Å². The summed E-state index contributed by atoms with van der Waals surface area (Å²) in [5.41, 5.74) is 6.57. The molecule has 2 aliphatic heterocycles. The molecule has 0 aromatic heterocycles. The quantitative estimate of drug-likeness (QED) is 0.512. The molecule has 8 nitrogen and oxygen atoms in total. The summed E-state index contributed by atoms with van der Waals surface area (Å²) < 4.78 is 11.1. The van der Waals surface area contributed by atoms with Crippen molar-refractivity contribution in [3.63, 3.8) is 0 Å². The normalized spacial score (nSPS) is 21.9. The first-order chi connectivity index (χ1) is 16.4. The van der Waals surface area contributed by atoms with Gasteiger partial charge in [0.25, 0.3) is 5.91 Å². The van der Waals surface area contributed by atoms with Gasteiger partial charge in [0, 0.05) is 52.3 Å². The lowest BCUT2D eigenvalue weighted by Crippen LogP contribution is -2.55. The molecule has 0 spiro atoms. The van der Waals surface area contributed by atoms with Crippen LogP contribution < -0.4 is 15.8 Å². The number of methoxy groups -OCH3 is 2. The molecule has 9 heteroatoms. The molecule has 2 atom stereocenters. The van der Waals surface area contributed by atoms with Gasteiger partial charge in [0.1, 0.15) is 5.75 Å². The number of nitrogens with two attached hydrogens (primary N) is 1. The summed E-state index contributed by atoms with van der Waals surface area (Å²) in [5.74, 6) is 1.03. The minimum atomic E-state index is -0.251. The van der Waals surface area contributed by atoms with Crippen LogP contribution in [-0.2, 0) is 9.53 Å². The number of halogens is 1. The van der Waals surface area contributed by atoms with Crippen molar-refractivity contribution in [2.24, 2.45) is 5.92 Å². The van der Waals surface area contributed by atoms with Crippen LogP contribution in [0.25, 0.3) is 0 Å². The van der Waals surface area contributed by atoms with E-state index in [9.17, 15) is 9.59 Å². The minimum Gasteiger partial charge on any atom is -0.496 e. The Balaban J connectivity index is 1.50. The summed E-state index contributed by atoms with van der Waals surface area (Å²) >= 11 is 6.13. The van der Waals surface area contributed by atoms with Gasteiger partial charge in [0.15, 0.2) is 0 Å². The van der Waals surface area contributed by atoms with Crippen LogP contribution in [0.1, 0.15) is 55.8 Å². The standard InChI is InChI=1S/C25H39ClN4O4/c1-4-5-6-24(31)30-11-7-17(8-12-30)15-29-10-9-21(23(16-29)34-3)28-25(32)18-13-19(26)20(27)14-22(18)33-2/h13-14,17,21,23H,4-12,15-16,27H2,1-3H3,(H,28,32). The molecule has 1 aromatic carbocycles. The SMILES string of the molecule is CCCCC(=O)N1CCC(CN2CCC(NC(=O)c3cc(Cl)c(N)cc3OC)C(OC)C2)CC1. The lowest BCUT2D eigenvalue weighted by Gasteiger charge is -2.41. The van der Waals surface area contributed by atoms with E-state index in [0.29, 0.717) is 40.3 Å². The number of amides is 2. The number of nitrogens with zero attached hydrogens (tertiary/aromatic N) is 2. The molecule has 0 bridgehead atoms. The number of piperidine rings is 2. The average Bonchev–Trinajstić information content (AvgIpc) is 2.85. The van der Waals surface area contributed by atoms with E-state index in [0.717, 1.165) is 64.8 Å². The Bertz CT molecular complexity index is 844. The molecule has 3 N–H and O–H groups in total. The number of likely N-dealkylation sites (tertiary alicyclic amines) is 2. The van der Waals surface area contributed by atoms with E-state index in [1.54, 1.807) is 19.2 Å². The van der Waals surface area contributed by atoms with Gasteiger partial charge in [0.05, 0.1) is 35.5 Å². The fourth-order valence-electron chi connectivity index (χ4n) is 4.93. The van der Waals surface area contributed by atoms with Crippen molar-refractivity contribution in [2.45, 2.75) is 57.6 Å². The highest BCUT2D eigenvalue weighted by molar-refractivity contribution is 6.33. The van der Waals surface area contributed by atoms with Gasteiger partial charge in [-0.05, 0) is 37.7 Å². The van der Waals surface area contributed by atoms with E-state index in [-0.39, 0.29) is 18.1 Å². The Morgan fingerprint density at radius 2 is 1.91 bits per heavy atom. The van der Waals surface area contributed by atoms with Gasteiger partial charge >= 0.3 is 0 Å². The highest BCUT2D eigenvalue weighted by atomic mass is 35.5. The molecule has 2 unspecified atom stereocenters. The third-order valence-electron chi connectivity index (χ3n) is 7.05. The van der Waals surface area contributed by atoms with E-state index in [1.807, 2.05) is 4.90 Å². The number of benzene rings is 1. The monoisotopic (exact) mass is 494 g/mol. The predicted molar refractivity (Wildman–Crippen MR) is 134 cm³/mol. The van der Waals surface area contributed by atoms with Crippen LogP contribution in [-0.4, -0.2) is 80.7 Å². The molecule has 2 amide bonds. The number of nitrogens with one attached hydrogen (secondary N) is 1. The zero-order valence-electron chi connectivity index (χ0n) is 20.6. The zero-order valence-corrected chi connectivity index (χ0v) is 21.4. The molecule has 2 aliphatic rings. The molecule has 0 saturated carbocycles. The van der Waals surface area contributed by atoms with Crippen LogP contribution in [0.3, 0.4) is 0 Å². The van der Waals surface area contributed by atoms with E-state index in [2.05, 4.69) is 17.1 Å². The number of anilines is 1. The molecule has 0 aliphatic carbocycles. The van der Waals surface area contributed by atoms with Gasteiger partial charge in [-0.3, -0.25) is 9.59 Å². The highest BCUT2D eigenvalue weighted by Crippen LogP contribution is 2.29. The first-order valence-electron chi connectivity index (χ1n) is 12.3. The van der Waals surface area contributed by atoms with Crippen LogP contribution in [0, 0.1) is 5.92 Å². The summed E-state index contributed by atoms with van der Waals surface area (Å²) in [6.45, 7) is 6.49. The summed E-state index contributed by atoms with van der Waals surface area (Å²) in [6.07, 6.45) is 5.48. The van der Waals surface area contributed by atoms with Gasteiger partial charge in [0.2, 0.25) is 5.91 Å². The van der Waals surface area contributed by atoms with E-state index < -0.39 is 0 Å². The molecule has 3 rings (SSSR count). The second-order valence-corrected chi connectivity index (χ2v) is 9.81. The first kappa shape index (κ1) is 26.6. The van der Waals surface area contributed by atoms with Crippen molar-refractivity contribution in [1.82, 2.24) is 15.1 Å². The topological polar surface area (TPSA) is 97.1 Å². The van der Waals surface area contributed by atoms with Crippen LogP contribution >= 0.6 is 11.6 Å². The van der Waals surface area contributed by atoms with Crippen molar-refractivity contribution in [2.75, 3.05) is 52.7 Å². The molecule has 2 saturated heterocycles. The molecule has 1 aromatic rings. The average molecular weight is 495 g/mol. The lowest BCUT2D eigenvalue weighted by atomic mass is 9.93. The summed E-state index contributed by atoms with van der Waals surface area (Å²) in [7, 11) is 3.19. The number of hydrogen-bond donors (Lipinski definition) is 2. The number of nitrogen functional groups attached to an aromatic ring is 1. The molecule has 0 radical (unpaired) electrons. The van der Waals surface area contributed by atoms with E-state index >= 15 is 0 Å². The smallest absolute Gasteiger partial charge is 0.255 e. The van der Waals surface area contributed by atoms with Gasteiger partial charge in [-0.2, -0.15) is 0 Å². The number of rotatable bonds is 9. The maximum atomic E-state index is 13.0. The van der Waals surface area contributed by atoms with Crippen LogP contribution in [0.2, 0.25) is 5.02 Å². The fraction of sp³-hybridized carbons (Fsp3) is 0.680. The highest BCUT2D eigenvalue weighted by Gasteiger charge is 2.33. The molecule has 2 heterocycles. The van der Waals surface area contributed by atoms with Crippen molar-refractivity contribution in [1.29, 1.82) is 0 Å². The second kappa shape index (κ2) is 12.6. The van der Waals surface area contributed by atoms with Crippen LogP contribution in [0.15, 0.2) is 12.1 Å². The van der Waals surface area contributed by atoms with Crippen LogP contribution in [0.5, 0.6) is 5.75 Å². The van der Waals surface area contributed by atoms with Gasteiger partial charge < -0.3 is 30.3 Å². The molecule has 190 valence electrons. The van der Waals surface area contributed by atoms with Crippen molar-refractivity contribution < 1.29 is 19.1 Å². The Hall–Kier alpha value is -2.03. The van der Waals surface area contributed by atoms with E-state index in [4.69, 9.17) is 26.8 Å². The first-order valence-corrected chi connectivity index (χ1v) is 12.7. The predicted octanol–water partition coefficient (Wildman–Crippen LogP) is 3.18. The maximum Gasteiger partial charge on any atom is 0.255 e. The van der Waals surface area contributed by atoms with Gasteiger partial charge in [-0.25, -0.2) is 0 Å². The minimum absolute atomic E-state index is 0.104. The summed E-state index contributed by atoms with van der Waals surface area (Å²) in [6, 6.07) is 3.00. The second-order valence-electron chi connectivity index (χ2n) is 9.40. The number of unbranched alkanes of at least 4 members (excludes halogenated alkanes) is 1. The van der Waals surface area contributed by atoms with Crippen molar-refractivity contribution >= 4 is 29.1 Å². The Morgan fingerprint density at radius 1 is 1.18 bits per heavy atom. The lowest BCUT2D eigenvalue weighted by molar-refractivity contribution is -0.132. The number of carbonyl (C=O) groups excluding carboxylic acids is 2. The maximum absolute atomic E-state index is 13.0. The molecule has 2 fully saturated rings. The van der Waals surface area contributed by atoms with E-state index in [1.165, 1.54) is 7.11 Å². The summed E-state index contributed by atoms with van der Waals surface area (Å²) in [5, 5.41) is 3.42. The summed E-state index contributed by atoms with van der Waals surface area (Å²) in [4.78, 5) is 29.7. The third kappa shape index (κ3) is 6.77. The molecular weight excluding hydrogens is 456 g/mol. The fourth-order valence-corrected chi connectivity index (χ4v) is 5.09. The number of hydrogen-bond acceptors (Lipinski definition) is 6. The Kier molecular flexibility index (Phi) is 9.85. The Labute approximate surface area is 208 Å². The van der Waals surface area contributed by atoms with Crippen molar-refractivity contribution in [3.8, 4) is 5.75 Å². The number of carbonyl (C=O) groups is 2. The Morgan fingerprint density at radius 3 is 2.56 bits per heavy atom. The number of ether oxygens (including phenoxy) is 2. The van der Waals surface area contributed by atoms with Gasteiger partial charge in [-0.15, -0.1) is 0 Å². The van der Waals surface area contributed by atoms with Gasteiger partial charge in [-0.1, -0.05) is 24.9 Å². The third-order valence-corrected chi connectivity index (χ3v) is 7.38.